The quantitative estimate of drug-likeness (QED) is 0.779. The smallest absolute Gasteiger partial charge is 0.166 e. The van der Waals surface area contributed by atoms with Crippen molar-refractivity contribution in [2.24, 2.45) is 5.92 Å². The summed E-state index contributed by atoms with van der Waals surface area (Å²) in [5.41, 5.74) is 4.80. The van der Waals surface area contributed by atoms with Crippen LogP contribution in [-0.2, 0) is 16.0 Å². The number of aryl methyl sites for hydroxylation is 3. The van der Waals surface area contributed by atoms with Gasteiger partial charge in [0.05, 0.1) is 0 Å². The molecule has 0 spiro atoms. The number of Topliss-reactive ketones (excluding diaryl/α,β-unsaturated/α-hetero) is 1. The summed E-state index contributed by atoms with van der Waals surface area (Å²) in [4.78, 5) is 12.4. The van der Waals surface area contributed by atoms with Gasteiger partial charge in [-0.2, -0.15) is 0 Å². The second-order valence-electron chi connectivity index (χ2n) is 5.64. The lowest BCUT2D eigenvalue weighted by atomic mass is 9.92. The van der Waals surface area contributed by atoms with Crippen LogP contribution in [0.4, 0.5) is 0 Å². The van der Waals surface area contributed by atoms with Crippen molar-refractivity contribution in [1.82, 2.24) is 0 Å². The molecule has 0 saturated carbocycles. The van der Waals surface area contributed by atoms with Crippen LogP contribution in [0.5, 0.6) is 0 Å². The van der Waals surface area contributed by atoms with Crippen LogP contribution >= 0.6 is 0 Å². The highest BCUT2D eigenvalue weighted by atomic mass is 16.5. The van der Waals surface area contributed by atoms with Gasteiger partial charge in [-0.25, -0.2) is 0 Å². The molecule has 19 heavy (non-hydrogen) atoms. The topological polar surface area (TPSA) is 26.3 Å². The summed E-state index contributed by atoms with van der Waals surface area (Å²) < 4.78 is 5.59. The molecule has 0 amide bonds. The molecule has 0 aromatic heterocycles. The molecule has 1 aromatic rings. The van der Waals surface area contributed by atoms with E-state index in [9.17, 15) is 4.79 Å². The molecular weight excluding hydrogens is 236 g/mol. The minimum Gasteiger partial charge on any atom is -0.370 e. The van der Waals surface area contributed by atoms with Crippen molar-refractivity contribution in [1.29, 1.82) is 0 Å². The zero-order valence-corrected chi connectivity index (χ0v) is 13.0. The molecule has 0 aliphatic rings. The van der Waals surface area contributed by atoms with E-state index in [0.717, 1.165) is 5.56 Å². The molecule has 0 N–H and O–H groups in total. The first-order valence-corrected chi connectivity index (χ1v) is 7.07. The SMILES string of the molecule is CCOC(C(=O)Cc1c(C)cc(C)cc1C)C(C)C. The van der Waals surface area contributed by atoms with Gasteiger partial charge in [0.25, 0.3) is 0 Å². The lowest BCUT2D eigenvalue weighted by Gasteiger charge is -2.20. The van der Waals surface area contributed by atoms with Crippen molar-refractivity contribution < 1.29 is 9.53 Å². The second-order valence-corrected chi connectivity index (χ2v) is 5.64. The van der Waals surface area contributed by atoms with E-state index in [1.807, 2.05) is 20.8 Å². The molecule has 0 aliphatic heterocycles. The molecule has 1 unspecified atom stereocenters. The fourth-order valence-electron chi connectivity index (χ4n) is 2.60. The third-order valence-electron chi connectivity index (χ3n) is 3.46. The van der Waals surface area contributed by atoms with Crippen LogP contribution in [0.1, 0.15) is 43.0 Å². The van der Waals surface area contributed by atoms with Crippen molar-refractivity contribution in [3.63, 3.8) is 0 Å². The van der Waals surface area contributed by atoms with E-state index in [2.05, 4.69) is 32.9 Å². The third-order valence-corrected chi connectivity index (χ3v) is 3.46. The molecular formula is C17H26O2. The van der Waals surface area contributed by atoms with Gasteiger partial charge in [-0.1, -0.05) is 31.5 Å². The summed E-state index contributed by atoms with van der Waals surface area (Å²) in [6.07, 6.45) is 0.186. The maximum absolute atomic E-state index is 12.4. The zero-order chi connectivity index (χ0) is 14.6. The van der Waals surface area contributed by atoms with Gasteiger partial charge < -0.3 is 4.74 Å². The Morgan fingerprint density at radius 1 is 1.16 bits per heavy atom. The van der Waals surface area contributed by atoms with Crippen LogP contribution < -0.4 is 0 Å². The lowest BCUT2D eigenvalue weighted by molar-refractivity contribution is -0.132. The van der Waals surface area contributed by atoms with Gasteiger partial charge in [0.1, 0.15) is 6.10 Å². The van der Waals surface area contributed by atoms with Crippen LogP contribution in [-0.4, -0.2) is 18.5 Å². The maximum Gasteiger partial charge on any atom is 0.166 e. The first-order valence-electron chi connectivity index (χ1n) is 7.07. The third kappa shape index (κ3) is 4.17. The second kappa shape index (κ2) is 6.85. The molecule has 1 atom stereocenters. The molecule has 0 heterocycles. The number of carbonyl (C=O) groups is 1. The fraction of sp³-hybridized carbons (Fsp3) is 0.588. The highest BCUT2D eigenvalue weighted by Crippen LogP contribution is 2.19. The number of ketones is 1. The van der Waals surface area contributed by atoms with E-state index in [1.54, 1.807) is 0 Å². The zero-order valence-electron chi connectivity index (χ0n) is 13.0. The Morgan fingerprint density at radius 3 is 2.11 bits per heavy atom. The largest absolute Gasteiger partial charge is 0.370 e. The predicted octanol–water partition coefficient (Wildman–Crippen LogP) is 3.78. The van der Waals surface area contributed by atoms with Gasteiger partial charge in [0.2, 0.25) is 0 Å². The Balaban J connectivity index is 2.92. The first kappa shape index (κ1) is 15.9. The van der Waals surface area contributed by atoms with E-state index in [-0.39, 0.29) is 17.8 Å². The van der Waals surface area contributed by atoms with Crippen molar-refractivity contribution in [3.05, 3.63) is 34.4 Å². The molecule has 1 aromatic carbocycles. The van der Waals surface area contributed by atoms with Gasteiger partial charge in [-0.15, -0.1) is 0 Å². The van der Waals surface area contributed by atoms with Crippen molar-refractivity contribution in [3.8, 4) is 0 Å². The standard InChI is InChI=1S/C17H26O2/c1-7-19-17(11(2)3)16(18)10-15-13(5)8-12(4)9-14(15)6/h8-9,11,17H,7,10H2,1-6H3. The van der Waals surface area contributed by atoms with Crippen LogP contribution in [0, 0.1) is 26.7 Å². The molecule has 1 rings (SSSR count). The van der Waals surface area contributed by atoms with Gasteiger partial charge in [-0.05, 0) is 50.3 Å². The van der Waals surface area contributed by atoms with Crippen molar-refractivity contribution in [2.75, 3.05) is 6.61 Å². The fourth-order valence-corrected chi connectivity index (χ4v) is 2.60. The molecule has 0 aliphatic carbocycles. The maximum atomic E-state index is 12.4. The number of carbonyl (C=O) groups excluding carboxylic acids is 1. The molecule has 0 bridgehead atoms. The average molecular weight is 262 g/mol. The highest BCUT2D eigenvalue weighted by Gasteiger charge is 2.23. The van der Waals surface area contributed by atoms with E-state index in [4.69, 9.17) is 4.74 Å². The molecule has 106 valence electrons. The normalized spacial score (nSPS) is 12.8. The number of rotatable bonds is 6. The number of ether oxygens (including phenoxy) is 1. The Kier molecular flexibility index (Phi) is 5.74. The molecule has 2 nitrogen and oxygen atoms in total. The minimum absolute atomic E-state index is 0.187. The van der Waals surface area contributed by atoms with Gasteiger partial charge in [-0.3, -0.25) is 4.79 Å². The molecule has 2 heteroatoms. The van der Waals surface area contributed by atoms with E-state index >= 15 is 0 Å². The van der Waals surface area contributed by atoms with Crippen molar-refractivity contribution in [2.45, 2.75) is 54.1 Å². The first-order chi connectivity index (χ1) is 8.86. The lowest BCUT2D eigenvalue weighted by Crippen LogP contribution is -2.31. The Bertz CT molecular complexity index is 424. The van der Waals surface area contributed by atoms with Crippen LogP contribution in [0.2, 0.25) is 0 Å². The predicted molar refractivity (Wildman–Crippen MR) is 79.6 cm³/mol. The van der Waals surface area contributed by atoms with Crippen molar-refractivity contribution >= 4 is 5.78 Å². The van der Waals surface area contributed by atoms with Gasteiger partial charge in [0, 0.05) is 13.0 Å². The molecule has 0 radical (unpaired) electrons. The van der Waals surface area contributed by atoms with E-state index in [1.165, 1.54) is 16.7 Å². The Labute approximate surface area is 117 Å². The van der Waals surface area contributed by atoms with Crippen LogP contribution in [0.25, 0.3) is 0 Å². The summed E-state index contributed by atoms with van der Waals surface area (Å²) in [5.74, 6) is 0.408. The van der Waals surface area contributed by atoms with Crippen LogP contribution in [0.3, 0.4) is 0 Å². The Hall–Kier alpha value is -1.15. The summed E-state index contributed by atoms with van der Waals surface area (Å²) >= 11 is 0. The summed E-state index contributed by atoms with van der Waals surface area (Å²) in [7, 11) is 0. The van der Waals surface area contributed by atoms with Gasteiger partial charge in [0.15, 0.2) is 5.78 Å². The average Bonchev–Trinajstić information content (AvgIpc) is 2.29. The highest BCUT2D eigenvalue weighted by molar-refractivity contribution is 5.86. The number of hydrogen-bond donors (Lipinski definition) is 0. The van der Waals surface area contributed by atoms with E-state index < -0.39 is 0 Å². The summed E-state index contributed by atoms with van der Waals surface area (Å²) in [6.45, 7) is 12.8. The minimum atomic E-state index is -0.287. The number of benzene rings is 1. The molecule has 0 fully saturated rings. The van der Waals surface area contributed by atoms with Gasteiger partial charge >= 0.3 is 0 Å². The molecule has 0 saturated heterocycles. The van der Waals surface area contributed by atoms with Crippen LogP contribution in [0.15, 0.2) is 12.1 Å². The van der Waals surface area contributed by atoms with E-state index in [0.29, 0.717) is 13.0 Å². The summed E-state index contributed by atoms with van der Waals surface area (Å²) in [6, 6.07) is 4.28. The summed E-state index contributed by atoms with van der Waals surface area (Å²) in [5, 5.41) is 0. The Morgan fingerprint density at radius 2 is 1.68 bits per heavy atom. The number of hydrogen-bond acceptors (Lipinski definition) is 2. The monoisotopic (exact) mass is 262 g/mol.